The number of thioether (sulfide) groups is 1. The summed E-state index contributed by atoms with van der Waals surface area (Å²) >= 11 is 5.49. The fourth-order valence-corrected chi connectivity index (χ4v) is 3.01. The number of hydrogen-bond acceptors (Lipinski definition) is 2. The highest BCUT2D eigenvalue weighted by atomic mass is 79.9. The third kappa shape index (κ3) is 3.01. The molecule has 1 nitrogen and oxygen atoms in total. The molecule has 1 aliphatic rings. The quantitative estimate of drug-likeness (QED) is 0.907. The van der Waals surface area contributed by atoms with Gasteiger partial charge >= 0.3 is 0 Å². The van der Waals surface area contributed by atoms with Crippen LogP contribution in [0, 0.1) is 0 Å². The van der Waals surface area contributed by atoms with Crippen LogP contribution >= 0.6 is 27.7 Å². The van der Waals surface area contributed by atoms with Crippen molar-refractivity contribution in [2.75, 3.05) is 11.5 Å². The minimum absolute atomic E-state index is 0.726. The van der Waals surface area contributed by atoms with Gasteiger partial charge in [-0.25, -0.2) is 0 Å². The summed E-state index contributed by atoms with van der Waals surface area (Å²) in [7, 11) is 0. The highest BCUT2D eigenvalue weighted by Crippen LogP contribution is 2.17. The molecule has 76 valence electrons. The Morgan fingerprint density at radius 2 is 2.14 bits per heavy atom. The molecule has 1 aliphatic heterocycles. The Balaban J connectivity index is 1.82. The normalized spacial score (nSPS) is 21.4. The lowest BCUT2D eigenvalue weighted by Crippen LogP contribution is -2.27. The van der Waals surface area contributed by atoms with Gasteiger partial charge in [-0.1, -0.05) is 28.1 Å². The Bertz CT molecular complexity index is 280. The van der Waals surface area contributed by atoms with Crippen LogP contribution in [-0.2, 0) is 6.54 Å². The number of benzene rings is 1. The molecule has 1 fully saturated rings. The average molecular weight is 272 g/mol. The summed E-state index contributed by atoms with van der Waals surface area (Å²) in [6.07, 6.45) is 1.32. The van der Waals surface area contributed by atoms with Crippen LogP contribution in [0.2, 0.25) is 0 Å². The van der Waals surface area contributed by atoms with Gasteiger partial charge in [0.15, 0.2) is 0 Å². The SMILES string of the molecule is Brc1ccc(CNC2CCSC2)cc1. The molecule has 1 N–H and O–H groups in total. The zero-order valence-electron chi connectivity index (χ0n) is 8.00. The monoisotopic (exact) mass is 271 g/mol. The molecule has 0 radical (unpaired) electrons. The van der Waals surface area contributed by atoms with E-state index in [1.54, 1.807) is 0 Å². The maximum absolute atomic E-state index is 3.58. The van der Waals surface area contributed by atoms with Crippen LogP contribution in [0.5, 0.6) is 0 Å². The Labute approximate surface area is 97.8 Å². The van der Waals surface area contributed by atoms with Gasteiger partial charge in [0.2, 0.25) is 0 Å². The molecular formula is C11H14BrNS. The molecule has 14 heavy (non-hydrogen) atoms. The van der Waals surface area contributed by atoms with Crippen LogP contribution < -0.4 is 5.32 Å². The van der Waals surface area contributed by atoms with Crippen molar-refractivity contribution in [2.24, 2.45) is 0 Å². The lowest BCUT2D eigenvalue weighted by Gasteiger charge is -2.10. The first-order valence-electron chi connectivity index (χ1n) is 4.90. The second kappa shape index (κ2) is 5.19. The minimum atomic E-state index is 0.726. The second-order valence-corrected chi connectivity index (χ2v) is 5.63. The van der Waals surface area contributed by atoms with Gasteiger partial charge in [0, 0.05) is 22.8 Å². The molecule has 3 heteroatoms. The van der Waals surface area contributed by atoms with Crippen molar-refractivity contribution in [1.82, 2.24) is 5.32 Å². The summed E-state index contributed by atoms with van der Waals surface area (Å²) < 4.78 is 1.15. The predicted octanol–water partition coefficient (Wildman–Crippen LogP) is 3.04. The molecule has 1 aromatic rings. The molecule has 1 saturated heterocycles. The van der Waals surface area contributed by atoms with E-state index in [9.17, 15) is 0 Å². The predicted molar refractivity (Wildman–Crippen MR) is 66.7 cm³/mol. The van der Waals surface area contributed by atoms with Gasteiger partial charge in [0.1, 0.15) is 0 Å². The van der Waals surface area contributed by atoms with E-state index >= 15 is 0 Å². The number of hydrogen-bond donors (Lipinski definition) is 1. The van der Waals surface area contributed by atoms with E-state index in [2.05, 4.69) is 45.5 Å². The maximum Gasteiger partial charge on any atom is 0.0208 e. The van der Waals surface area contributed by atoms with Crippen molar-refractivity contribution in [3.63, 3.8) is 0 Å². The summed E-state index contributed by atoms with van der Waals surface area (Å²) in [4.78, 5) is 0. The van der Waals surface area contributed by atoms with E-state index in [-0.39, 0.29) is 0 Å². The van der Waals surface area contributed by atoms with Crippen molar-refractivity contribution < 1.29 is 0 Å². The summed E-state index contributed by atoms with van der Waals surface area (Å²) in [5.41, 5.74) is 1.37. The number of rotatable bonds is 3. The molecule has 1 heterocycles. The first kappa shape index (κ1) is 10.5. The number of nitrogens with one attached hydrogen (secondary N) is 1. The number of halogens is 1. The molecule has 1 aromatic carbocycles. The lowest BCUT2D eigenvalue weighted by molar-refractivity contribution is 0.558. The summed E-state index contributed by atoms with van der Waals surface area (Å²) in [5, 5.41) is 3.58. The van der Waals surface area contributed by atoms with E-state index in [0.29, 0.717) is 0 Å². The minimum Gasteiger partial charge on any atom is -0.309 e. The smallest absolute Gasteiger partial charge is 0.0208 e. The van der Waals surface area contributed by atoms with Crippen molar-refractivity contribution in [1.29, 1.82) is 0 Å². The van der Waals surface area contributed by atoms with Gasteiger partial charge < -0.3 is 5.32 Å². The van der Waals surface area contributed by atoms with Crippen molar-refractivity contribution >= 4 is 27.7 Å². The Kier molecular flexibility index (Phi) is 3.90. The van der Waals surface area contributed by atoms with E-state index in [1.165, 1.54) is 23.5 Å². The van der Waals surface area contributed by atoms with Crippen LogP contribution in [-0.4, -0.2) is 17.5 Å². The van der Waals surface area contributed by atoms with Gasteiger partial charge in [-0.3, -0.25) is 0 Å². The van der Waals surface area contributed by atoms with Crippen LogP contribution in [0.15, 0.2) is 28.7 Å². The molecule has 2 rings (SSSR count). The van der Waals surface area contributed by atoms with E-state index in [0.717, 1.165) is 17.1 Å². The lowest BCUT2D eigenvalue weighted by atomic mass is 10.2. The van der Waals surface area contributed by atoms with Gasteiger partial charge in [-0.05, 0) is 29.9 Å². The average Bonchev–Trinajstić information content (AvgIpc) is 2.70. The summed E-state index contributed by atoms with van der Waals surface area (Å²) in [6.45, 7) is 0.999. The maximum atomic E-state index is 3.58. The third-order valence-electron chi connectivity index (χ3n) is 2.44. The molecule has 0 aliphatic carbocycles. The van der Waals surface area contributed by atoms with Crippen LogP contribution in [0.4, 0.5) is 0 Å². The van der Waals surface area contributed by atoms with E-state index in [1.807, 2.05) is 11.8 Å². The molecule has 0 aromatic heterocycles. The van der Waals surface area contributed by atoms with Gasteiger partial charge in [-0.2, -0.15) is 11.8 Å². The molecule has 0 saturated carbocycles. The molecule has 1 unspecified atom stereocenters. The second-order valence-electron chi connectivity index (χ2n) is 3.57. The molecule has 1 atom stereocenters. The zero-order chi connectivity index (χ0) is 9.80. The first-order chi connectivity index (χ1) is 6.84. The Morgan fingerprint density at radius 1 is 1.36 bits per heavy atom. The largest absolute Gasteiger partial charge is 0.309 e. The Hall–Kier alpha value is 0.01000. The van der Waals surface area contributed by atoms with Crippen LogP contribution in [0.1, 0.15) is 12.0 Å². The fourth-order valence-electron chi connectivity index (χ4n) is 1.56. The Morgan fingerprint density at radius 3 is 2.79 bits per heavy atom. The molecule has 0 bridgehead atoms. The molecule has 0 amide bonds. The third-order valence-corrected chi connectivity index (χ3v) is 4.13. The van der Waals surface area contributed by atoms with Gasteiger partial charge in [-0.15, -0.1) is 0 Å². The van der Waals surface area contributed by atoms with Crippen molar-refractivity contribution in [3.8, 4) is 0 Å². The fraction of sp³-hybridized carbons (Fsp3) is 0.455. The van der Waals surface area contributed by atoms with Crippen molar-refractivity contribution in [3.05, 3.63) is 34.3 Å². The highest BCUT2D eigenvalue weighted by Gasteiger charge is 2.13. The van der Waals surface area contributed by atoms with Crippen LogP contribution in [0.3, 0.4) is 0 Å². The summed E-state index contributed by atoms with van der Waals surface area (Å²) in [6, 6.07) is 9.25. The molecular weight excluding hydrogens is 258 g/mol. The van der Waals surface area contributed by atoms with E-state index < -0.39 is 0 Å². The van der Waals surface area contributed by atoms with Crippen molar-refractivity contribution in [2.45, 2.75) is 19.0 Å². The topological polar surface area (TPSA) is 12.0 Å². The standard InChI is InChI=1S/C11H14BrNS/c12-10-3-1-9(2-4-10)7-13-11-5-6-14-8-11/h1-4,11,13H,5-8H2. The van der Waals surface area contributed by atoms with Gasteiger partial charge in [0.05, 0.1) is 0 Å². The van der Waals surface area contributed by atoms with Gasteiger partial charge in [0.25, 0.3) is 0 Å². The summed E-state index contributed by atoms with van der Waals surface area (Å²) in [5.74, 6) is 2.59. The van der Waals surface area contributed by atoms with E-state index in [4.69, 9.17) is 0 Å². The van der Waals surface area contributed by atoms with Crippen LogP contribution in [0.25, 0.3) is 0 Å². The first-order valence-corrected chi connectivity index (χ1v) is 6.85. The molecule has 0 spiro atoms. The zero-order valence-corrected chi connectivity index (χ0v) is 10.4. The highest BCUT2D eigenvalue weighted by molar-refractivity contribution is 9.10.